The van der Waals surface area contributed by atoms with Crippen molar-refractivity contribution in [1.82, 2.24) is 19.6 Å². The lowest BCUT2D eigenvalue weighted by Gasteiger charge is -2.21. The lowest BCUT2D eigenvalue weighted by Crippen LogP contribution is -2.09. The molecule has 108 valence electrons. The first-order valence-electron chi connectivity index (χ1n) is 7.53. The van der Waals surface area contributed by atoms with Crippen LogP contribution in [-0.2, 0) is 6.42 Å². The number of hydrogen-bond donors (Lipinski definition) is 0. The monoisotopic (exact) mass is 292 g/mol. The van der Waals surface area contributed by atoms with Crippen molar-refractivity contribution in [3.05, 3.63) is 22.4 Å². The highest BCUT2D eigenvalue weighted by Gasteiger charge is 2.17. The van der Waals surface area contributed by atoms with E-state index in [2.05, 4.69) is 26.5 Å². The number of fused-ring (bicyclic) bond motifs is 1. The Kier molecular flexibility index (Phi) is 3.92. The van der Waals surface area contributed by atoms with E-state index in [9.17, 15) is 0 Å². The molecule has 1 saturated carbocycles. The average Bonchev–Trinajstić information content (AvgIpc) is 2.88. The molecule has 3 rings (SSSR count). The minimum absolute atomic E-state index is 0.449. The van der Waals surface area contributed by atoms with Crippen molar-refractivity contribution >= 4 is 17.2 Å². The van der Waals surface area contributed by atoms with Gasteiger partial charge in [0.2, 0.25) is 0 Å². The van der Waals surface area contributed by atoms with E-state index in [4.69, 9.17) is 11.6 Å². The Morgan fingerprint density at radius 2 is 1.90 bits per heavy atom. The van der Waals surface area contributed by atoms with Crippen LogP contribution in [0.5, 0.6) is 0 Å². The molecule has 1 fully saturated rings. The van der Waals surface area contributed by atoms with Crippen molar-refractivity contribution in [3.63, 3.8) is 0 Å². The molecule has 2 aromatic heterocycles. The van der Waals surface area contributed by atoms with Crippen LogP contribution in [0.1, 0.15) is 55.7 Å². The topological polar surface area (TPSA) is 43.1 Å². The molecule has 0 atom stereocenters. The molecule has 0 aliphatic heterocycles. The van der Waals surface area contributed by atoms with Gasteiger partial charge in [-0.2, -0.15) is 0 Å². The number of aromatic nitrogens is 4. The number of rotatable bonds is 3. The third-order valence-corrected chi connectivity index (χ3v) is 4.79. The maximum atomic E-state index is 6.16. The average molecular weight is 293 g/mol. The molecule has 0 radical (unpaired) electrons. The van der Waals surface area contributed by atoms with Crippen LogP contribution in [0.25, 0.3) is 5.65 Å². The summed E-state index contributed by atoms with van der Waals surface area (Å²) in [6.07, 6.45) is 9.11. The van der Waals surface area contributed by atoms with Gasteiger partial charge in [0.1, 0.15) is 5.82 Å². The molecule has 0 N–H and O–H groups in total. The highest BCUT2D eigenvalue weighted by molar-refractivity contribution is 6.32. The van der Waals surface area contributed by atoms with Crippen LogP contribution in [0, 0.1) is 19.8 Å². The lowest BCUT2D eigenvalue weighted by atomic mass is 9.86. The largest absolute Gasteiger partial charge is 0.279 e. The minimum Gasteiger partial charge on any atom is -0.279 e. The van der Waals surface area contributed by atoms with Gasteiger partial charge < -0.3 is 0 Å². The summed E-state index contributed by atoms with van der Waals surface area (Å²) in [5.74, 6) is 1.88. The van der Waals surface area contributed by atoms with Crippen LogP contribution >= 0.6 is 11.6 Å². The summed E-state index contributed by atoms with van der Waals surface area (Å²) in [4.78, 5) is 4.31. The van der Waals surface area contributed by atoms with E-state index in [1.54, 1.807) is 0 Å². The van der Waals surface area contributed by atoms with Crippen LogP contribution in [0.2, 0.25) is 5.15 Å². The summed E-state index contributed by atoms with van der Waals surface area (Å²) in [5.41, 5.74) is 2.72. The third kappa shape index (κ3) is 2.53. The summed E-state index contributed by atoms with van der Waals surface area (Å²) < 4.78 is 2.08. The predicted molar refractivity (Wildman–Crippen MR) is 80.2 cm³/mol. The fourth-order valence-electron chi connectivity index (χ4n) is 3.21. The Morgan fingerprint density at radius 3 is 2.65 bits per heavy atom. The van der Waals surface area contributed by atoms with Gasteiger partial charge in [0.05, 0.1) is 5.69 Å². The van der Waals surface area contributed by atoms with Crippen LogP contribution in [0.4, 0.5) is 0 Å². The molecule has 0 bridgehead atoms. The second-order valence-electron chi connectivity index (χ2n) is 5.89. The molecule has 20 heavy (non-hydrogen) atoms. The highest BCUT2D eigenvalue weighted by Crippen LogP contribution is 2.28. The van der Waals surface area contributed by atoms with Gasteiger partial charge in [-0.25, -0.2) is 4.98 Å². The van der Waals surface area contributed by atoms with Crippen molar-refractivity contribution in [2.45, 2.75) is 58.8 Å². The predicted octanol–water partition coefficient (Wildman–Crippen LogP) is 3.91. The molecule has 4 nitrogen and oxygen atoms in total. The Labute approximate surface area is 124 Å². The summed E-state index contributed by atoms with van der Waals surface area (Å²) in [6.45, 7) is 4.03. The number of nitrogens with zero attached hydrogens (tertiary/aromatic N) is 4. The van der Waals surface area contributed by atoms with E-state index in [0.717, 1.165) is 29.6 Å². The van der Waals surface area contributed by atoms with Crippen LogP contribution in [-0.4, -0.2) is 19.6 Å². The zero-order chi connectivity index (χ0) is 14.1. The molecule has 0 aromatic carbocycles. The Morgan fingerprint density at radius 1 is 1.15 bits per heavy atom. The van der Waals surface area contributed by atoms with Gasteiger partial charge in [-0.1, -0.05) is 43.7 Å². The van der Waals surface area contributed by atoms with Crippen molar-refractivity contribution in [2.24, 2.45) is 5.92 Å². The fraction of sp³-hybridized carbons (Fsp3) is 0.667. The van der Waals surface area contributed by atoms with Gasteiger partial charge in [-0.3, -0.25) is 4.40 Å². The molecule has 0 spiro atoms. The number of hydrogen-bond acceptors (Lipinski definition) is 3. The SMILES string of the molecule is Cc1nc(Cl)c2nnc(CCC3CCCCC3)n2c1C. The second-order valence-corrected chi connectivity index (χ2v) is 6.25. The molecule has 2 heterocycles. The van der Waals surface area contributed by atoms with Gasteiger partial charge in [0, 0.05) is 12.1 Å². The van der Waals surface area contributed by atoms with Gasteiger partial charge in [-0.15, -0.1) is 10.2 Å². The van der Waals surface area contributed by atoms with E-state index in [1.807, 2.05) is 6.92 Å². The molecular formula is C15H21ClN4. The van der Waals surface area contributed by atoms with Gasteiger partial charge in [0.15, 0.2) is 10.8 Å². The van der Waals surface area contributed by atoms with Crippen LogP contribution in [0.3, 0.4) is 0 Å². The zero-order valence-corrected chi connectivity index (χ0v) is 12.9. The highest BCUT2D eigenvalue weighted by atomic mass is 35.5. The first-order valence-corrected chi connectivity index (χ1v) is 7.91. The van der Waals surface area contributed by atoms with Crippen LogP contribution < -0.4 is 0 Å². The van der Waals surface area contributed by atoms with Crippen molar-refractivity contribution in [3.8, 4) is 0 Å². The minimum atomic E-state index is 0.449. The molecular weight excluding hydrogens is 272 g/mol. The molecule has 0 amide bonds. The Bertz CT molecular complexity index is 614. The molecule has 1 aliphatic rings. The van der Waals surface area contributed by atoms with E-state index >= 15 is 0 Å². The molecule has 5 heteroatoms. The molecule has 0 unspecified atom stereocenters. The maximum absolute atomic E-state index is 6.16. The van der Waals surface area contributed by atoms with E-state index < -0.39 is 0 Å². The van der Waals surface area contributed by atoms with Crippen molar-refractivity contribution < 1.29 is 0 Å². The van der Waals surface area contributed by atoms with E-state index in [0.29, 0.717) is 10.8 Å². The summed E-state index contributed by atoms with van der Waals surface area (Å²) in [5, 5.41) is 8.98. The number of aryl methyl sites for hydroxylation is 3. The van der Waals surface area contributed by atoms with E-state index in [-0.39, 0.29) is 0 Å². The van der Waals surface area contributed by atoms with Crippen molar-refractivity contribution in [1.29, 1.82) is 0 Å². The number of halogens is 1. The summed E-state index contributed by atoms with van der Waals surface area (Å²) >= 11 is 6.16. The first kappa shape index (κ1) is 13.8. The smallest absolute Gasteiger partial charge is 0.198 e. The normalized spacial score (nSPS) is 16.9. The zero-order valence-electron chi connectivity index (χ0n) is 12.2. The quantitative estimate of drug-likeness (QED) is 0.861. The fourth-order valence-corrected chi connectivity index (χ4v) is 3.46. The maximum Gasteiger partial charge on any atom is 0.198 e. The van der Waals surface area contributed by atoms with Gasteiger partial charge >= 0.3 is 0 Å². The van der Waals surface area contributed by atoms with Crippen molar-refractivity contribution in [2.75, 3.05) is 0 Å². The first-order chi connectivity index (χ1) is 9.66. The molecule has 1 aliphatic carbocycles. The van der Waals surface area contributed by atoms with E-state index in [1.165, 1.54) is 38.5 Å². The molecule has 0 saturated heterocycles. The van der Waals surface area contributed by atoms with Crippen LogP contribution in [0.15, 0.2) is 0 Å². The summed E-state index contributed by atoms with van der Waals surface area (Å²) in [6, 6.07) is 0. The van der Waals surface area contributed by atoms with Gasteiger partial charge in [0.25, 0.3) is 0 Å². The Balaban J connectivity index is 1.84. The Hall–Kier alpha value is -1.16. The summed E-state index contributed by atoms with van der Waals surface area (Å²) in [7, 11) is 0. The second kappa shape index (κ2) is 5.68. The molecule has 2 aromatic rings. The standard InChI is InChI=1S/C15H21ClN4/c1-10-11(2)20-13(18-19-15(20)14(16)17-10)9-8-12-6-4-3-5-7-12/h12H,3-9H2,1-2H3. The third-order valence-electron chi connectivity index (χ3n) is 4.54. The van der Waals surface area contributed by atoms with Gasteiger partial charge in [-0.05, 0) is 26.2 Å². The lowest BCUT2D eigenvalue weighted by molar-refractivity contribution is 0.337.